The van der Waals surface area contributed by atoms with Crippen LogP contribution in [-0.2, 0) is 10.0 Å². The van der Waals surface area contributed by atoms with Crippen molar-refractivity contribution in [1.29, 1.82) is 0 Å². The number of thiophene rings is 1. The summed E-state index contributed by atoms with van der Waals surface area (Å²) in [5, 5.41) is 0.794. The van der Waals surface area contributed by atoms with Crippen LogP contribution < -0.4 is 4.72 Å². The third kappa shape index (κ3) is 3.01. The lowest BCUT2D eigenvalue weighted by molar-refractivity contribution is 0.568. The second-order valence-corrected chi connectivity index (χ2v) is 7.90. The summed E-state index contributed by atoms with van der Waals surface area (Å²) in [5.41, 5.74) is 0.702. The minimum atomic E-state index is -3.63. The second kappa shape index (κ2) is 5.75. The topological polar surface area (TPSA) is 59.1 Å². The van der Waals surface area contributed by atoms with Gasteiger partial charge in [-0.25, -0.2) is 17.5 Å². The molecule has 22 heavy (non-hydrogen) atoms. The summed E-state index contributed by atoms with van der Waals surface area (Å²) in [4.78, 5) is 3.98. The lowest BCUT2D eigenvalue weighted by atomic mass is 10.1. The van der Waals surface area contributed by atoms with Gasteiger partial charge < -0.3 is 0 Å². The van der Waals surface area contributed by atoms with Crippen LogP contribution >= 0.6 is 11.3 Å². The molecule has 2 heterocycles. The Morgan fingerprint density at radius 3 is 2.64 bits per heavy atom. The van der Waals surface area contributed by atoms with Crippen molar-refractivity contribution in [3.63, 3.8) is 0 Å². The van der Waals surface area contributed by atoms with E-state index < -0.39 is 16.1 Å². The number of aromatic nitrogens is 1. The Morgan fingerprint density at radius 1 is 1.23 bits per heavy atom. The lowest BCUT2D eigenvalue weighted by Gasteiger charge is -2.13. The molecule has 1 unspecified atom stereocenters. The van der Waals surface area contributed by atoms with E-state index in [4.69, 9.17) is 0 Å². The van der Waals surface area contributed by atoms with E-state index in [1.165, 1.54) is 23.5 Å². The van der Waals surface area contributed by atoms with Crippen molar-refractivity contribution >= 4 is 31.4 Å². The number of nitrogens with one attached hydrogen (secondary N) is 1. The van der Waals surface area contributed by atoms with Crippen LogP contribution in [0.2, 0.25) is 0 Å². The van der Waals surface area contributed by atoms with Gasteiger partial charge in [-0.2, -0.15) is 0 Å². The van der Waals surface area contributed by atoms with E-state index in [1.807, 2.05) is 0 Å². The smallest absolute Gasteiger partial charge is 0.250 e. The van der Waals surface area contributed by atoms with Crippen molar-refractivity contribution in [2.75, 3.05) is 0 Å². The molecule has 0 saturated carbocycles. The molecule has 4 nitrogen and oxygen atoms in total. The Morgan fingerprint density at radius 2 is 1.95 bits per heavy atom. The Hall–Kier alpha value is -1.83. The Labute approximate surface area is 131 Å². The van der Waals surface area contributed by atoms with Gasteiger partial charge in [0.1, 0.15) is 10.0 Å². The highest BCUT2D eigenvalue weighted by Gasteiger charge is 2.21. The number of halogens is 1. The summed E-state index contributed by atoms with van der Waals surface area (Å²) >= 11 is 1.19. The van der Waals surface area contributed by atoms with Crippen molar-refractivity contribution in [3.8, 4) is 0 Å². The lowest BCUT2D eigenvalue weighted by Crippen LogP contribution is -2.26. The largest absolute Gasteiger partial charge is 0.264 e. The maximum atomic E-state index is 12.9. The van der Waals surface area contributed by atoms with Gasteiger partial charge in [0.05, 0.1) is 0 Å². The average Bonchev–Trinajstić information content (AvgIpc) is 2.92. The predicted molar refractivity (Wildman–Crippen MR) is 84.8 cm³/mol. The maximum absolute atomic E-state index is 12.9. The van der Waals surface area contributed by atoms with Gasteiger partial charge in [0.15, 0.2) is 0 Å². The molecule has 0 saturated heterocycles. The molecule has 1 N–H and O–H groups in total. The molecule has 0 radical (unpaired) electrons. The Balaban J connectivity index is 1.87. The molecular weight excluding hydrogens is 323 g/mol. The molecule has 0 amide bonds. The molecule has 3 rings (SSSR count). The molecule has 7 heteroatoms. The molecule has 3 aromatic rings. The normalized spacial score (nSPS) is 13.4. The van der Waals surface area contributed by atoms with E-state index in [2.05, 4.69) is 9.71 Å². The number of hydrogen-bond donors (Lipinski definition) is 1. The molecule has 1 atom stereocenters. The fraction of sp³-hybridized carbons (Fsp3) is 0.133. The zero-order valence-corrected chi connectivity index (χ0v) is 13.3. The molecule has 0 fully saturated rings. The van der Waals surface area contributed by atoms with Gasteiger partial charge in [-0.1, -0.05) is 12.1 Å². The number of benzene rings is 1. The van der Waals surface area contributed by atoms with E-state index in [9.17, 15) is 12.8 Å². The summed E-state index contributed by atoms with van der Waals surface area (Å²) in [6.07, 6.45) is 3.26. The van der Waals surface area contributed by atoms with Crippen LogP contribution in [0, 0.1) is 5.82 Å². The molecule has 114 valence electrons. The highest BCUT2D eigenvalue weighted by molar-refractivity contribution is 7.91. The van der Waals surface area contributed by atoms with Crippen molar-refractivity contribution in [1.82, 2.24) is 9.71 Å². The van der Waals surface area contributed by atoms with Gasteiger partial charge in [-0.05, 0) is 36.8 Å². The summed E-state index contributed by atoms with van der Waals surface area (Å²) in [5.74, 6) is -0.351. The molecule has 0 aliphatic carbocycles. The van der Waals surface area contributed by atoms with Crippen LogP contribution in [0.1, 0.15) is 18.5 Å². The van der Waals surface area contributed by atoms with E-state index in [0.29, 0.717) is 5.56 Å². The first-order chi connectivity index (χ1) is 10.5. The van der Waals surface area contributed by atoms with Crippen molar-refractivity contribution in [2.45, 2.75) is 17.2 Å². The van der Waals surface area contributed by atoms with Crippen molar-refractivity contribution < 1.29 is 12.8 Å². The van der Waals surface area contributed by atoms with Crippen LogP contribution in [0.15, 0.2) is 53.0 Å². The zero-order valence-electron chi connectivity index (χ0n) is 11.7. The minimum absolute atomic E-state index is 0.240. The van der Waals surface area contributed by atoms with E-state index in [1.54, 1.807) is 43.6 Å². The number of sulfonamides is 1. The van der Waals surface area contributed by atoms with Gasteiger partial charge >= 0.3 is 0 Å². The van der Waals surface area contributed by atoms with Crippen LogP contribution in [-0.4, -0.2) is 13.4 Å². The van der Waals surface area contributed by atoms with Crippen molar-refractivity contribution in [2.24, 2.45) is 0 Å². The summed E-state index contributed by atoms with van der Waals surface area (Å²) in [6, 6.07) is 8.69. The average molecular weight is 336 g/mol. The highest BCUT2D eigenvalue weighted by atomic mass is 32.2. The fourth-order valence-electron chi connectivity index (χ4n) is 2.10. The quantitative estimate of drug-likeness (QED) is 0.793. The summed E-state index contributed by atoms with van der Waals surface area (Å²) in [6.45, 7) is 1.72. The van der Waals surface area contributed by atoms with Gasteiger partial charge in [-0.3, -0.25) is 4.98 Å². The molecule has 2 aromatic heterocycles. The Kier molecular flexibility index (Phi) is 3.94. The predicted octanol–water partition coefficient (Wildman–Crippen LogP) is 3.47. The number of nitrogens with zero attached hydrogens (tertiary/aromatic N) is 1. The summed E-state index contributed by atoms with van der Waals surface area (Å²) in [7, 11) is -3.63. The van der Waals surface area contributed by atoms with E-state index in [-0.39, 0.29) is 10.0 Å². The molecule has 0 spiro atoms. The van der Waals surface area contributed by atoms with Crippen LogP contribution in [0.3, 0.4) is 0 Å². The van der Waals surface area contributed by atoms with Crippen molar-refractivity contribution in [3.05, 3.63) is 60.2 Å². The highest BCUT2D eigenvalue weighted by Crippen LogP contribution is 2.29. The minimum Gasteiger partial charge on any atom is -0.264 e. The maximum Gasteiger partial charge on any atom is 0.250 e. The summed E-state index contributed by atoms with van der Waals surface area (Å²) < 4.78 is 41.6. The van der Waals surface area contributed by atoms with Gasteiger partial charge in [-0.15, -0.1) is 11.3 Å². The van der Waals surface area contributed by atoms with Crippen LogP contribution in [0.25, 0.3) is 10.1 Å². The van der Waals surface area contributed by atoms with Gasteiger partial charge in [0, 0.05) is 28.5 Å². The Bertz CT molecular complexity index is 872. The number of hydrogen-bond acceptors (Lipinski definition) is 4. The number of fused-ring (bicyclic) bond motifs is 1. The molecular formula is C15H13FN2O2S2. The molecule has 0 aliphatic rings. The van der Waals surface area contributed by atoms with E-state index in [0.717, 1.165) is 10.1 Å². The molecule has 0 aliphatic heterocycles. The first-order valence-corrected chi connectivity index (χ1v) is 8.87. The SMILES string of the molecule is CC(NS(=O)(=O)c1cc2cnccc2s1)c1ccc(F)cc1. The molecule has 0 bridgehead atoms. The monoisotopic (exact) mass is 336 g/mol. The van der Waals surface area contributed by atoms with Gasteiger partial charge in [0.25, 0.3) is 10.0 Å². The first kappa shape index (κ1) is 15.1. The van der Waals surface area contributed by atoms with E-state index >= 15 is 0 Å². The first-order valence-electron chi connectivity index (χ1n) is 6.57. The van der Waals surface area contributed by atoms with Crippen LogP contribution in [0.5, 0.6) is 0 Å². The number of pyridine rings is 1. The third-order valence-corrected chi connectivity index (χ3v) is 6.39. The second-order valence-electron chi connectivity index (χ2n) is 4.87. The van der Waals surface area contributed by atoms with Gasteiger partial charge in [0.2, 0.25) is 0 Å². The zero-order chi connectivity index (χ0) is 15.7. The van der Waals surface area contributed by atoms with Crippen LogP contribution in [0.4, 0.5) is 4.39 Å². The fourth-order valence-corrected chi connectivity index (χ4v) is 4.72. The number of rotatable bonds is 4. The molecule has 1 aromatic carbocycles. The third-order valence-electron chi connectivity index (χ3n) is 3.26. The standard InChI is InChI=1S/C15H13FN2O2S2/c1-10(11-2-4-13(16)5-3-11)18-22(19,20)15-8-12-9-17-7-6-14(12)21-15/h2-10,18H,1H3.